The molecule has 0 saturated heterocycles. The van der Waals surface area contributed by atoms with Gasteiger partial charge in [0.05, 0.1) is 11.1 Å². The van der Waals surface area contributed by atoms with Crippen molar-refractivity contribution >= 4 is 23.8 Å². The number of hydrogen-bond acceptors (Lipinski definition) is 6. The summed E-state index contributed by atoms with van der Waals surface area (Å²) >= 11 is 0. The summed E-state index contributed by atoms with van der Waals surface area (Å²) in [4.78, 5) is 45.8. The minimum atomic E-state index is -1.36. The average molecular weight is 360 g/mol. The highest BCUT2D eigenvalue weighted by atomic mass is 16.4. The first-order valence-electron chi connectivity index (χ1n) is 6.93. The van der Waals surface area contributed by atoms with E-state index in [4.69, 9.17) is 10.2 Å². The van der Waals surface area contributed by atoms with Crippen LogP contribution in [0.2, 0.25) is 0 Å². The van der Waals surface area contributed by atoms with Crippen LogP contribution in [0.4, 0.5) is 0 Å². The number of rotatable bonds is 4. The van der Waals surface area contributed by atoms with Crippen LogP contribution >= 0.6 is 0 Å². The van der Waals surface area contributed by atoms with E-state index in [1.807, 2.05) is 10.9 Å². The van der Waals surface area contributed by atoms with Crippen molar-refractivity contribution in [3.8, 4) is 11.5 Å². The largest absolute Gasteiger partial charge is 0.508 e. The number of nitrogens with one attached hydrogen (secondary N) is 2. The number of carboxylic acids is 2. The second-order valence-corrected chi connectivity index (χ2v) is 5.06. The molecule has 2 rings (SSSR count). The van der Waals surface area contributed by atoms with E-state index in [0.717, 1.165) is 36.4 Å². The number of phenolic OH excluding ortho intramolecular Hbond substituents is 2. The van der Waals surface area contributed by atoms with Crippen molar-refractivity contribution in [1.29, 1.82) is 0 Å². The Bertz CT molecular complexity index is 847. The van der Waals surface area contributed by atoms with Gasteiger partial charge in [0.15, 0.2) is 0 Å². The number of hydrogen-bond donors (Lipinski definition) is 6. The molecule has 0 atom stereocenters. The number of amides is 2. The molecule has 0 bridgehead atoms. The van der Waals surface area contributed by atoms with E-state index in [0.29, 0.717) is 0 Å². The molecule has 0 aromatic heterocycles. The van der Waals surface area contributed by atoms with Crippen molar-refractivity contribution in [2.24, 2.45) is 0 Å². The van der Waals surface area contributed by atoms with Crippen LogP contribution in [0, 0.1) is 0 Å². The zero-order valence-electron chi connectivity index (χ0n) is 12.9. The minimum absolute atomic E-state index is 0.232. The molecule has 0 fully saturated rings. The lowest BCUT2D eigenvalue weighted by Crippen LogP contribution is -2.41. The Morgan fingerprint density at radius 3 is 1.19 bits per heavy atom. The summed E-state index contributed by atoms with van der Waals surface area (Å²) in [6.45, 7) is 0. The van der Waals surface area contributed by atoms with Gasteiger partial charge in [0, 0.05) is 11.1 Å². The molecule has 26 heavy (non-hydrogen) atoms. The van der Waals surface area contributed by atoms with E-state index >= 15 is 0 Å². The topological polar surface area (TPSA) is 173 Å². The zero-order chi connectivity index (χ0) is 19.4. The Hall–Kier alpha value is -4.08. The standard InChI is InChI=1S/C16H12N2O8/c19-11-3-7(1-9(5-11)15(23)24)13(21)17-18-14(22)8-2-10(16(25)26)6-12(20)4-8/h1-6,19-20H,(H,17,21)(H,18,22)(H,23,24)(H,25,26). The lowest BCUT2D eigenvalue weighted by molar-refractivity contribution is 0.0685. The summed E-state index contributed by atoms with van der Waals surface area (Å²) in [7, 11) is 0. The molecule has 2 aromatic rings. The molecule has 6 N–H and O–H groups in total. The summed E-state index contributed by atoms with van der Waals surface area (Å²) < 4.78 is 0. The van der Waals surface area contributed by atoms with Gasteiger partial charge >= 0.3 is 11.9 Å². The number of carboxylic acid groups (broad SMARTS) is 2. The molecule has 0 radical (unpaired) electrons. The third kappa shape index (κ3) is 4.26. The van der Waals surface area contributed by atoms with Crippen molar-refractivity contribution in [2.45, 2.75) is 0 Å². The molecule has 0 heterocycles. The molecule has 0 spiro atoms. The van der Waals surface area contributed by atoms with Crippen LogP contribution in [0.5, 0.6) is 11.5 Å². The van der Waals surface area contributed by atoms with Gasteiger partial charge in [-0.3, -0.25) is 20.4 Å². The molecule has 10 nitrogen and oxygen atoms in total. The van der Waals surface area contributed by atoms with Gasteiger partial charge in [0.2, 0.25) is 0 Å². The van der Waals surface area contributed by atoms with Crippen LogP contribution in [0.1, 0.15) is 41.4 Å². The summed E-state index contributed by atoms with van der Waals surface area (Å²) in [6.07, 6.45) is 0. The zero-order valence-corrected chi connectivity index (χ0v) is 12.9. The fraction of sp³-hybridized carbons (Fsp3) is 0. The van der Waals surface area contributed by atoms with E-state index in [1.165, 1.54) is 0 Å². The lowest BCUT2D eigenvalue weighted by Gasteiger charge is -2.09. The Morgan fingerprint density at radius 2 is 0.885 bits per heavy atom. The molecule has 0 aliphatic heterocycles. The monoisotopic (exact) mass is 360 g/mol. The fourth-order valence-electron chi connectivity index (χ4n) is 1.99. The van der Waals surface area contributed by atoms with Crippen LogP contribution in [0.25, 0.3) is 0 Å². The molecular weight excluding hydrogens is 348 g/mol. The third-order valence-corrected chi connectivity index (χ3v) is 3.14. The maximum atomic E-state index is 12.0. The highest BCUT2D eigenvalue weighted by molar-refractivity contribution is 6.02. The van der Waals surface area contributed by atoms with Crippen molar-refractivity contribution in [3.63, 3.8) is 0 Å². The molecule has 10 heteroatoms. The van der Waals surface area contributed by atoms with Gasteiger partial charge in [0.1, 0.15) is 11.5 Å². The first-order valence-corrected chi connectivity index (χ1v) is 6.93. The predicted octanol–water partition coefficient (Wildman–Crippen LogP) is 0.569. The van der Waals surface area contributed by atoms with Crippen LogP contribution in [-0.2, 0) is 0 Å². The van der Waals surface area contributed by atoms with Crippen molar-refractivity contribution < 1.29 is 39.6 Å². The molecule has 0 saturated carbocycles. The highest BCUT2D eigenvalue weighted by Crippen LogP contribution is 2.17. The van der Waals surface area contributed by atoms with Crippen molar-refractivity contribution in [2.75, 3.05) is 0 Å². The van der Waals surface area contributed by atoms with Crippen molar-refractivity contribution in [3.05, 3.63) is 58.7 Å². The maximum Gasteiger partial charge on any atom is 0.335 e. The van der Waals surface area contributed by atoms with E-state index in [1.54, 1.807) is 0 Å². The normalized spacial score (nSPS) is 10.0. The van der Waals surface area contributed by atoms with Crippen LogP contribution < -0.4 is 10.9 Å². The molecule has 2 amide bonds. The Kier molecular flexibility index (Phi) is 5.07. The quantitative estimate of drug-likeness (QED) is 0.429. The van der Waals surface area contributed by atoms with Crippen LogP contribution in [0.3, 0.4) is 0 Å². The van der Waals surface area contributed by atoms with Gasteiger partial charge in [-0.1, -0.05) is 0 Å². The maximum absolute atomic E-state index is 12.0. The number of carbonyl (C=O) groups is 4. The molecular formula is C16H12N2O8. The first kappa shape index (κ1) is 18.3. The predicted molar refractivity (Wildman–Crippen MR) is 85.1 cm³/mol. The first-order chi connectivity index (χ1) is 12.2. The second kappa shape index (κ2) is 7.21. The molecule has 0 aliphatic rings. The third-order valence-electron chi connectivity index (χ3n) is 3.14. The van der Waals surface area contributed by atoms with E-state index < -0.39 is 35.3 Å². The Morgan fingerprint density at radius 1 is 0.577 bits per heavy atom. The summed E-state index contributed by atoms with van der Waals surface area (Å²) in [5.74, 6) is -5.48. The molecule has 0 unspecified atom stereocenters. The summed E-state index contributed by atoms with van der Waals surface area (Å²) in [6, 6.07) is 5.84. The van der Waals surface area contributed by atoms with Gasteiger partial charge in [-0.15, -0.1) is 0 Å². The van der Waals surface area contributed by atoms with Gasteiger partial charge in [-0.05, 0) is 36.4 Å². The Labute approximate surface area is 145 Å². The van der Waals surface area contributed by atoms with Gasteiger partial charge in [-0.25, -0.2) is 9.59 Å². The molecule has 2 aromatic carbocycles. The number of aromatic carboxylic acids is 2. The summed E-state index contributed by atoms with van der Waals surface area (Å²) in [5, 5.41) is 36.7. The number of phenols is 2. The SMILES string of the molecule is O=C(O)c1cc(O)cc(C(=O)NNC(=O)c2cc(O)cc(C(=O)O)c2)c1. The number of hydrazine groups is 1. The van der Waals surface area contributed by atoms with Gasteiger partial charge in [-0.2, -0.15) is 0 Å². The van der Waals surface area contributed by atoms with Gasteiger partial charge < -0.3 is 20.4 Å². The Balaban J connectivity index is 2.14. The van der Waals surface area contributed by atoms with Gasteiger partial charge in [0.25, 0.3) is 11.8 Å². The lowest BCUT2D eigenvalue weighted by atomic mass is 10.1. The van der Waals surface area contributed by atoms with Crippen LogP contribution in [0.15, 0.2) is 36.4 Å². The minimum Gasteiger partial charge on any atom is -0.508 e. The average Bonchev–Trinajstić information content (AvgIpc) is 2.58. The van der Waals surface area contributed by atoms with E-state index in [-0.39, 0.29) is 22.3 Å². The van der Waals surface area contributed by atoms with E-state index in [2.05, 4.69) is 0 Å². The highest BCUT2D eigenvalue weighted by Gasteiger charge is 2.15. The number of aromatic hydroxyl groups is 2. The van der Waals surface area contributed by atoms with Crippen LogP contribution in [-0.4, -0.2) is 44.2 Å². The van der Waals surface area contributed by atoms with Crippen molar-refractivity contribution in [1.82, 2.24) is 10.9 Å². The number of benzene rings is 2. The fourth-order valence-corrected chi connectivity index (χ4v) is 1.99. The number of carbonyl (C=O) groups excluding carboxylic acids is 2. The molecule has 0 aliphatic carbocycles. The smallest absolute Gasteiger partial charge is 0.335 e. The second-order valence-electron chi connectivity index (χ2n) is 5.06. The molecule has 134 valence electrons. The summed E-state index contributed by atoms with van der Waals surface area (Å²) in [5.41, 5.74) is 2.85. The van der Waals surface area contributed by atoms with E-state index in [9.17, 15) is 29.4 Å².